The van der Waals surface area contributed by atoms with E-state index in [4.69, 9.17) is 0 Å². The van der Waals surface area contributed by atoms with Crippen molar-refractivity contribution >= 4 is 31.3 Å². The Labute approximate surface area is 343 Å². The van der Waals surface area contributed by atoms with Gasteiger partial charge in [0.05, 0.1) is 20.8 Å². The van der Waals surface area contributed by atoms with Gasteiger partial charge in [-0.05, 0) is 36.2 Å². The largest absolute Gasteiger partial charge is 1.00 e. The molecule has 12 heteroatoms. The van der Waals surface area contributed by atoms with Crippen LogP contribution in [0.5, 0.6) is 0 Å². The maximum Gasteiger partial charge on any atom is 1.00 e. The Morgan fingerprint density at radius 1 is 0.651 bits per heavy atom. The zero-order valence-corrected chi connectivity index (χ0v) is 34.1. The van der Waals surface area contributed by atoms with Crippen LogP contribution in [0.15, 0.2) is 52.3 Å². The van der Waals surface area contributed by atoms with Crippen molar-refractivity contribution < 1.29 is 129 Å². The molecule has 0 amide bonds. The first kappa shape index (κ1) is 42.0. The van der Waals surface area contributed by atoms with E-state index in [1.54, 1.807) is 10.6 Å². The standard InChI is InChI=1S/C31H46N2O6S2.2K/c1-2-3-4-5-6-7-8-9-10-11-12-13-14-15-16-20-30-32-28-18-17-19-29(41(37,38)39)31(28)33(30)25-26-21-23-27(24-22-26)40(34,35)36;;/h17-19,21-24H,2-16,20,25H2,1H3,(H,34,35,36)(H,37,38,39);;/q;2*+1/p-2. The molecular formula is C31H44K2N2O6S2. The van der Waals surface area contributed by atoms with E-state index in [-0.39, 0.29) is 125 Å². The van der Waals surface area contributed by atoms with Crippen LogP contribution in [0, 0.1) is 0 Å². The van der Waals surface area contributed by atoms with Crippen molar-refractivity contribution in [3.05, 3.63) is 53.9 Å². The third-order valence-electron chi connectivity index (χ3n) is 7.63. The molecule has 0 fully saturated rings. The number of aryl methyl sites for hydroxylation is 1. The zero-order valence-electron chi connectivity index (χ0n) is 26.2. The Morgan fingerprint density at radius 2 is 1.14 bits per heavy atom. The molecule has 1 aromatic heterocycles. The van der Waals surface area contributed by atoms with E-state index in [1.165, 1.54) is 113 Å². The van der Waals surface area contributed by atoms with Gasteiger partial charge in [-0.2, -0.15) is 0 Å². The van der Waals surface area contributed by atoms with Crippen molar-refractivity contribution in [2.75, 3.05) is 0 Å². The predicted molar refractivity (Wildman–Crippen MR) is 160 cm³/mol. The number of hydrogen-bond acceptors (Lipinski definition) is 7. The Morgan fingerprint density at radius 3 is 1.60 bits per heavy atom. The number of para-hydroxylation sites is 1. The summed E-state index contributed by atoms with van der Waals surface area (Å²) in [5.41, 5.74) is 1.34. The third-order valence-corrected chi connectivity index (χ3v) is 9.35. The van der Waals surface area contributed by atoms with Crippen LogP contribution in [0.2, 0.25) is 0 Å². The summed E-state index contributed by atoms with van der Waals surface area (Å²) >= 11 is 0. The maximum atomic E-state index is 12.0. The van der Waals surface area contributed by atoms with E-state index in [9.17, 15) is 25.9 Å². The van der Waals surface area contributed by atoms with Gasteiger partial charge >= 0.3 is 103 Å². The Kier molecular flexibility index (Phi) is 21.3. The van der Waals surface area contributed by atoms with Crippen molar-refractivity contribution in [1.29, 1.82) is 0 Å². The number of imidazole rings is 1. The summed E-state index contributed by atoms with van der Waals surface area (Å²) < 4.78 is 71.7. The smallest absolute Gasteiger partial charge is 0.744 e. The normalized spacial score (nSPS) is 11.8. The van der Waals surface area contributed by atoms with E-state index in [0.717, 1.165) is 19.3 Å². The minimum absolute atomic E-state index is 0. The maximum absolute atomic E-state index is 12.0. The second kappa shape index (κ2) is 21.8. The molecule has 43 heavy (non-hydrogen) atoms. The van der Waals surface area contributed by atoms with Gasteiger partial charge in [-0.25, -0.2) is 21.8 Å². The van der Waals surface area contributed by atoms with Gasteiger partial charge in [-0.3, -0.25) is 0 Å². The van der Waals surface area contributed by atoms with Gasteiger partial charge in [-0.1, -0.05) is 115 Å². The molecule has 8 nitrogen and oxygen atoms in total. The predicted octanol–water partition coefficient (Wildman–Crippen LogP) is 1.31. The molecule has 0 saturated carbocycles. The molecule has 0 radical (unpaired) electrons. The summed E-state index contributed by atoms with van der Waals surface area (Å²) in [6.07, 6.45) is 19.5. The first-order chi connectivity index (χ1) is 19.6. The molecule has 0 unspecified atom stereocenters. The van der Waals surface area contributed by atoms with Crippen LogP contribution in [-0.4, -0.2) is 35.5 Å². The Hall–Kier alpha value is 1.00. The second-order valence-electron chi connectivity index (χ2n) is 11.0. The summed E-state index contributed by atoms with van der Waals surface area (Å²) in [5, 5.41) is 0. The molecule has 0 aliphatic rings. The number of nitrogens with zero attached hydrogens (tertiary/aromatic N) is 2. The fraction of sp³-hybridized carbons (Fsp3) is 0.581. The fourth-order valence-corrected chi connectivity index (χ4v) is 6.53. The molecule has 2 aromatic carbocycles. The van der Waals surface area contributed by atoms with Gasteiger partial charge in [0.25, 0.3) is 0 Å². The van der Waals surface area contributed by atoms with Gasteiger partial charge in [0.15, 0.2) is 0 Å². The van der Waals surface area contributed by atoms with E-state index in [1.807, 2.05) is 0 Å². The number of aromatic nitrogens is 2. The van der Waals surface area contributed by atoms with Crippen LogP contribution in [0.4, 0.5) is 0 Å². The quantitative estimate of drug-likeness (QED) is 0.0998. The molecule has 0 N–H and O–H groups in total. The number of unbranched alkanes of at least 4 members (excludes halogenated alkanes) is 14. The number of hydrogen-bond donors (Lipinski definition) is 0. The summed E-state index contributed by atoms with van der Waals surface area (Å²) in [6.45, 7) is 2.44. The van der Waals surface area contributed by atoms with Crippen LogP contribution in [0.1, 0.15) is 115 Å². The number of benzene rings is 2. The zero-order chi connectivity index (χ0) is 29.7. The van der Waals surface area contributed by atoms with Gasteiger partial charge in [0, 0.05) is 13.0 Å². The monoisotopic (exact) mass is 682 g/mol. The Balaban J connectivity index is 0.00000462. The molecule has 0 aliphatic heterocycles. The summed E-state index contributed by atoms with van der Waals surface area (Å²) in [7, 11) is -9.31. The van der Waals surface area contributed by atoms with Crippen molar-refractivity contribution in [3.8, 4) is 0 Å². The van der Waals surface area contributed by atoms with Gasteiger partial charge < -0.3 is 13.7 Å². The van der Waals surface area contributed by atoms with E-state index < -0.39 is 20.2 Å². The molecule has 3 rings (SSSR count). The van der Waals surface area contributed by atoms with Crippen LogP contribution in [-0.2, 0) is 33.2 Å². The summed E-state index contributed by atoms with van der Waals surface area (Å²) in [5.74, 6) is 0.673. The van der Waals surface area contributed by atoms with Gasteiger partial charge in [-0.15, -0.1) is 0 Å². The van der Waals surface area contributed by atoms with Crippen LogP contribution in [0.3, 0.4) is 0 Å². The molecule has 0 bridgehead atoms. The first-order valence-electron chi connectivity index (χ1n) is 15.1. The van der Waals surface area contributed by atoms with Crippen molar-refractivity contribution in [3.63, 3.8) is 0 Å². The molecule has 3 aromatic rings. The molecule has 0 atom stereocenters. The number of rotatable bonds is 20. The van der Waals surface area contributed by atoms with Crippen molar-refractivity contribution in [2.24, 2.45) is 0 Å². The number of fused-ring (bicyclic) bond motifs is 1. The second-order valence-corrected chi connectivity index (χ2v) is 13.7. The van der Waals surface area contributed by atoms with Crippen LogP contribution >= 0.6 is 0 Å². The fourth-order valence-electron chi connectivity index (χ4n) is 5.36. The molecule has 0 aliphatic carbocycles. The van der Waals surface area contributed by atoms with E-state index >= 15 is 0 Å². The van der Waals surface area contributed by atoms with Gasteiger partial charge in [0.1, 0.15) is 26.1 Å². The van der Waals surface area contributed by atoms with Gasteiger partial charge in [0.2, 0.25) is 0 Å². The van der Waals surface area contributed by atoms with Crippen molar-refractivity contribution in [1.82, 2.24) is 9.55 Å². The minimum Gasteiger partial charge on any atom is -0.744 e. The average molecular weight is 683 g/mol. The first-order valence-corrected chi connectivity index (χ1v) is 17.9. The molecule has 228 valence electrons. The van der Waals surface area contributed by atoms with Crippen LogP contribution < -0.4 is 103 Å². The topological polar surface area (TPSA) is 132 Å². The molecular weight excluding hydrogens is 639 g/mol. The SMILES string of the molecule is CCCCCCCCCCCCCCCCCc1nc2cccc(S(=O)(=O)[O-])c2n1Cc1ccc(S(=O)(=O)[O-])cc1.[K+].[K+]. The van der Waals surface area contributed by atoms with Crippen LogP contribution in [0.25, 0.3) is 11.0 Å². The molecule has 1 heterocycles. The van der Waals surface area contributed by atoms with E-state index in [0.29, 0.717) is 23.3 Å². The van der Waals surface area contributed by atoms with E-state index in [2.05, 4.69) is 11.9 Å². The summed E-state index contributed by atoms with van der Waals surface area (Å²) in [4.78, 5) is 3.99. The minimum atomic E-state index is -4.74. The third kappa shape index (κ3) is 14.8. The molecule has 0 saturated heterocycles. The molecule has 0 spiro atoms. The van der Waals surface area contributed by atoms with Crippen molar-refractivity contribution in [2.45, 2.75) is 126 Å². The Bertz CT molecular complexity index is 1440. The average Bonchev–Trinajstić information content (AvgIpc) is 3.27. The summed E-state index contributed by atoms with van der Waals surface area (Å²) in [6, 6.07) is 9.98.